The van der Waals surface area contributed by atoms with Crippen LogP contribution in [0, 0.1) is 11.8 Å². The Morgan fingerprint density at radius 1 is 1.23 bits per heavy atom. The number of carbonyl (C=O) groups excluding carboxylic acids is 3. The van der Waals surface area contributed by atoms with Gasteiger partial charge in [-0.3, -0.25) is 14.4 Å². The second kappa shape index (κ2) is 11.7. The van der Waals surface area contributed by atoms with Crippen LogP contribution in [0.2, 0.25) is 0 Å². The van der Waals surface area contributed by atoms with Crippen molar-refractivity contribution in [3.05, 3.63) is 49.6 Å². The van der Waals surface area contributed by atoms with E-state index in [9.17, 15) is 19.5 Å². The minimum atomic E-state index is -0.754. The molecule has 1 N–H and O–H groups in total. The zero-order chi connectivity index (χ0) is 28.6. The van der Waals surface area contributed by atoms with Crippen molar-refractivity contribution < 1.29 is 19.5 Å². The molecule has 2 bridgehead atoms. The molecule has 3 saturated heterocycles. The van der Waals surface area contributed by atoms with Gasteiger partial charge >= 0.3 is 0 Å². The highest BCUT2D eigenvalue weighted by Gasteiger charge is 2.75. The van der Waals surface area contributed by atoms with Crippen LogP contribution >= 0.6 is 27.7 Å². The van der Waals surface area contributed by atoms with Crippen LogP contribution in [0.3, 0.4) is 0 Å². The Morgan fingerprint density at radius 2 is 1.98 bits per heavy atom. The number of hydrogen-bond acceptors (Lipinski definition) is 7. The molecular weight excluding hydrogens is 596 g/mol. The molecule has 40 heavy (non-hydrogen) atoms. The van der Waals surface area contributed by atoms with E-state index in [2.05, 4.69) is 39.4 Å². The molecule has 0 aliphatic carbocycles. The van der Waals surface area contributed by atoms with Crippen molar-refractivity contribution in [2.75, 3.05) is 33.3 Å². The van der Waals surface area contributed by atoms with Gasteiger partial charge in [0.05, 0.1) is 22.1 Å². The van der Waals surface area contributed by atoms with Gasteiger partial charge in [0.25, 0.3) is 0 Å². The van der Waals surface area contributed by atoms with Crippen LogP contribution < -0.4 is 0 Å². The van der Waals surface area contributed by atoms with E-state index in [-0.39, 0.29) is 47.6 Å². The predicted molar refractivity (Wildman–Crippen MR) is 158 cm³/mol. The molecular formula is C28H35BrN6O4S. The number of halogens is 1. The highest BCUT2D eigenvalue weighted by Crippen LogP contribution is 2.68. The van der Waals surface area contributed by atoms with Gasteiger partial charge in [0.1, 0.15) is 18.2 Å². The molecule has 6 atom stereocenters. The molecule has 0 saturated carbocycles. The van der Waals surface area contributed by atoms with Crippen molar-refractivity contribution in [3.63, 3.8) is 0 Å². The molecule has 3 fully saturated rings. The number of fused-ring (bicyclic) bond motifs is 2. The third-order valence-corrected chi connectivity index (χ3v) is 11.5. The summed E-state index contributed by atoms with van der Waals surface area (Å²) in [6.07, 6.45) is 5.03. The second-order valence-corrected chi connectivity index (χ2v) is 13.4. The summed E-state index contributed by atoms with van der Waals surface area (Å²) < 4.78 is 0.938. The Kier molecular flexibility index (Phi) is 8.40. The number of aliphatic hydroxyl groups is 1. The van der Waals surface area contributed by atoms with Gasteiger partial charge in [0, 0.05) is 43.4 Å². The molecule has 3 amide bonds. The molecule has 12 heteroatoms. The molecule has 1 spiro atoms. The van der Waals surface area contributed by atoms with Crippen molar-refractivity contribution in [3.8, 4) is 0 Å². The molecule has 3 aliphatic rings. The maximum Gasteiger partial charge on any atom is 0.248 e. The lowest BCUT2D eigenvalue weighted by Gasteiger charge is -2.38. The van der Waals surface area contributed by atoms with Crippen LogP contribution in [0.25, 0.3) is 11.0 Å². The van der Waals surface area contributed by atoms with Crippen LogP contribution in [0.15, 0.2) is 49.6 Å². The number of aliphatic hydroxyl groups excluding tert-OH is 1. The minimum absolute atomic E-state index is 0.00490. The van der Waals surface area contributed by atoms with Crippen molar-refractivity contribution in [1.82, 2.24) is 29.7 Å². The number of nitrogens with zero attached hydrogens (tertiary/aromatic N) is 6. The van der Waals surface area contributed by atoms with Crippen molar-refractivity contribution in [2.24, 2.45) is 11.8 Å². The van der Waals surface area contributed by atoms with E-state index in [1.807, 2.05) is 24.3 Å². The maximum atomic E-state index is 14.6. The fourth-order valence-corrected chi connectivity index (χ4v) is 10.2. The van der Waals surface area contributed by atoms with Crippen LogP contribution in [0.1, 0.15) is 19.3 Å². The summed E-state index contributed by atoms with van der Waals surface area (Å²) in [5.74, 6) is -1.58. The summed E-state index contributed by atoms with van der Waals surface area (Å²) in [6.45, 7) is 8.77. The van der Waals surface area contributed by atoms with E-state index in [1.165, 1.54) is 0 Å². The SMILES string of the molecule is C=CCN(C)C(=O)[C@H]1[C@H]2C(=O)N(CCCCO)C(C(=O)N(CC=C)Cn3nnc4ccccc43)C23CC(Br)[C@@H]1S3. The summed E-state index contributed by atoms with van der Waals surface area (Å²) in [5.41, 5.74) is 1.53. The van der Waals surface area contributed by atoms with Crippen molar-refractivity contribution in [2.45, 2.75) is 46.8 Å². The van der Waals surface area contributed by atoms with Gasteiger partial charge in [0.2, 0.25) is 17.7 Å². The van der Waals surface area contributed by atoms with Crippen LogP contribution in [0.5, 0.6) is 0 Å². The lowest BCUT2D eigenvalue weighted by Crippen LogP contribution is -2.56. The first-order chi connectivity index (χ1) is 19.3. The van der Waals surface area contributed by atoms with E-state index in [4.69, 9.17) is 0 Å². The summed E-state index contributed by atoms with van der Waals surface area (Å²) >= 11 is 5.43. The number of benzene rings is 1. The van der Waals surface area contributed by atoms with E-state index in [0.717, 1.165) is 11.0 Å². The predicted octanol–water partition coefficient (Wildman–Crippen LogP) is 2.28. The topological polar surface area (TPSA) is 112 Å². The number of unbranched alkanes of at least 4 members (excludes halogenated alkanes) is 1. The minimum Gasteiger partial charge on any atom is -0.396 e. The number of rotatable bonds is 12. The number of thioether (sulfide) groups is 1. The van der Waals surface area contributed by atoms with Gasteiger partial charge in [0.15, 0.2) is 0 Å². The molecule has 4 heterocycles. The van der Waals surface area contributed by atoms with Crippen LogP contribution in [0.4, 0.5) is 0 Å². The first kappa shape index (κ1) is 28.8. The molecule has 0 radical (unpaired) electrons. The Bertz CT molecular complexity index is 1320. The van der Waals surface area contributed by atoms with Crippen molar-refractivity contribution >= 4 is 56.4 Å². The van der Waals surface area contributed by atoms with Gasteiger partial charge in [-0.05, 0) is 31.4 Å². The smallest absolute Gasteiger partial charge is 0.248 e. The summed E-state index contributed by atoms with van der Waals surface area (Å²) in [7, 11) is 1.73. The standard InChI is InChI=1S/C28H35BrN6O4S/c1-4-12-32(3)25(37)21-22-26(38)34(14-8-9-15-36)24(28(22)16-18(29)23(21)40-28)27(39)33(13-5-2)17-35-20-11-7-6-10-19(20)30-31-35/h4-7,10-11,18,21-24,36H,1-2,8-9,12-17H2,3H3/t18?,21-,22-,23-,24?,28?/m0/s1. The first-order valence-electron chi connectivity index (χ1n) is 13.6. The number of hydrogen-bond donors (Lipinski definition) is 1. The summed E-state index contributed by atoms with van der Waals surface area (Å²) in [4.78, 5) is 47.4. The van der Waals surface area contributed by atoms with Crippen LogP contribution in [-0.4, -0.2) is 107 Å². The molecule has 1 aromatic carbocycles. The second-order valence-electron chi connectivity index (χ2n) is 10.7. The number of para-hydroxylation sites is 1. The largest absolute Gasteiger partial charge is 0.396 e. The number of likely N-dealkylation sites (tertiary alicyclic amines) is 1. The Morgan fingerprint density at radius 3 is 2.70 bits per heavy atom. The number of amides is 3. The molecule has 2 aromatic rings. The highest BCUT2D eigenvalue weighted by atomic mass is 79.9. The quantitative estimate of drug-likeness (QED) is 0.218. The lowest BCUT2D eigenvalue weighted by atomic mass is 9.70. The first-order valence-corrected chi connectivity index (χ1v) is 15.4. The molecule has 1 aromatic heterocycles. The Labute approximate surface area is 246 Å². The van der Waals surface area contributed by atoms with E-state index >= 15 is 0 Å². The summed E-state index contributed by atoms with van der Waals surface area (Å²) in [5, 5.41) is 17.8. The van der Waals surface area contributed by atoms with E-state index in [1.54, 1.807) is 50.3 Å². The van der Waals surface area contributed by atoms with Gasteiger partial charge in [-0.15, -0.1) is 30.0 Å². The number of aromatic nitrogens is 3. The Hall–Kier alpha value is -2.70. The van der Waals surface area contributed by atoms with Gasteiger partial charge < -0.3 is 19.8 Å². The van der Waals surface area contributed by atoms with Crippen molar-refractivity contribution in [1.29, 1.82) is 0 Å². The van der Waals surface area contributed by atoms with Gasteiger partial charge in [-0.1, -0.05) is 45.4 Å². The molecule has 3 unspecified atom stereocenters. The normalized spacial score (nSPS) is 28.6. The fourth-order valence-electron chi connectivity index (χ4n) is 6.59. The summed E-state index contributed by atoms with van der Waals surface area (Å²) in [6, 6.07) is 6.80. The highest BCUT2D eigenvalue weighted by molar-refractivity contribution is 9.09. The number of likely N-dealkylation sites (N-methyl/N-ethyl adjacent to an activating group) is 1. The molecule has 3 aliphatic heterocycles. The lowest BCUT2D eigenvalue weighted by molar-refractivity contribution is -0.144. The third kappa shape index (κ3) is 4.67. The van der Waals surface area contributed by atoms with E-state index in [0.29, 0.717) is 32.4 Å². The molecule has 5 rings (SSSR count). The van der Waals surface area contributed by atoms with Crippen LogP contribution in [-0.2, 0) is 21.1 Å². The fraction of sp³-hybridized carbons (Fsp3) is 0.536. The number of carbonyl (C=O) groups is 3. The third-order valence-electron chi connectivity index (χ3n) is 8.28. The Balaban J connectivity index is 1.53. The van der Waals surface area contributed by atoms with Gasteiger partial charge in [-0.2, -0.15) is 0 Å². The van der Waals surface area contributed by atoms with E-state index < -0.39 is 22.6 Å². The monoisotopic (exact) mass is 630 g/mol. The average molecular weight is 632 g/mol. The average Bonchev–Trinajstić information content (AvgIpc) is 3.65. The van der Waals surface area contributed by atoms with Gasteiger partial charge in [-0.25, -0.2) is 4.68 Å². The molecule has 214 valence electrons. The maximum absolute atomic E-state index is 14.6. The molecule has 10 nitrogen and oxygen atoms in total. The zero-order valence-corrected chi connectivity index (χ0v) is 25.0. The zero-order valence-electron chi connectivity index (χ0n) is 22.6. The number of alkyl halides is 1.